The summed E-state index contributed by atoms with van der Waals surface area (Å²) in [5, 5.41) is 2.83. The van der Waals surface area contributed by atoms with Crippen molar-refractivity contribution < 1.29 is 14.3 Å². The van der Waals surface area contributed by atoms with Crippen LogP contribution in [0.5, 0.6) is 5.75 Å². The fourth-order valence-electron chi connectivity index (χ4n) is 2.98. The first kappa shape index (κ1) is 17.0. The summed E-state index contributed by atoms with van der Waals surface area (Å²) in [6.45, 7) is 2.72. The van der Waals surface area contributed by atoms with E-state index in [4.69, 9.17) is 4.74 Å². The molecule has 1 saturated heterocycles. The first-order valence-corrected chi connectivity index (χ1v) is 8.20. The lowest BCUT2D eigenvalue weighted by atomic mass is 10.1. The molecule has 1 aliphatic rings. The Hall–Kier alpha value is -2.89. The minimum atomic E-state index is -0.372. The molecule has 1 N–H and O–H groups in total. The number of carbonyl (C=O) groups is 2. The van der Waals surface area contributed by atoms with E-state index in [0.717, 1.165) is 16.9 Å². The predicted molar refractivity (Wildman–Crippen MR) is 94.1 cm³/mol. The van der Waals surface area contributed by atoms with E-state index in [1.807, 2.05) is 43.3 Å². The molecule has 130 valence electrons. The number of nitrogens with zero attached hydrogens (tertiary/aromatic N) is 2. The number of aromatic nitrogens is 1. The number of pyridine rings is 1. The van der Waals surface area contributed by atoms with E-state index >= 15 is 0 Å². The smallest absolute Gasteiger partial charge is 0.230 e. The van der Waals surface area contributed by atoms with Crippen molar-refractivity contribution in [1.82, 2.24) is 9.88 Å². The Balaban J connectivity index is 1.66. The number of likely N-dealkylation sites (tertiary alicyclic amines) is 1. The number of ether oxygens (including phenoxy) is 1. The van der Waals surface area contributed by atoms with Crippen molar-refractivity contribution in [2.75, 3.05) is 19.0 Å². The van der Waals surface area contributed by atoms with Gasteiger partial charge in [-0.1, -0.05) is 24.3 Å². The van der Waals surface area contributed by atoms with Gasteiger partial charge in [0.1, 0.15) is 11.6 Å². The lowest BCUT2D eigenvalue weighted by Crippen LogP contribution is -2.28. The van der Waals surface area contributed by atoms with Crippen molar-refractivity contribution in [2.24, 2.45) is 5.92 Å². The largest absolute Gasteiger partial charge is 0.496 e. The Labute approximate surface area is 146 Å². The van der Waals surface area contributed by atoms with Crippen LogP contribution in [0.15, 0.2) is 42.6 Å². The lowest BCUT2D eigenvalue weighted by Gasteiger charge is -2.18. The van der Waals surface area contributed by atoms with E-state index in [9.17, 15) is 9.59 Å². The molecule has 1 fully saturated rings. The van der Waals surface area contributed by atoms with Gasteiger partial charge in [-0.15, -0.1) is 0 Å². The molecule has 0 unspecified atom stereocenters. The van der Waals surface area contributed by atoms with E-state index in [1.165, 1.54) is 0 Å². The summed E-state index contributed by atoms with van der Waals surface area (Å²) in [7, 11) is 1.61. The summed E-state index contributed by atoms with van der Waals surface area (Å²) < 4.78 is 5.33. The third-order valence-corrected chi connectivity index (χ3v) is 4.39. The number of hydrogen-bond donors (Lipinski definition) is 1. The number of benzene rings is 1. The van der Waals surface area contributed by atoms with Crippen LogP contribution >= 0.6 is 0 Å². The molecule has 6 heteroatoms. The van der Waals surface area contributed by atoms with Gasteiger partial charge in [-0.25, -0.2) is 4.98 Å². The monoisotopic (exact) mass is 339 g/mol. The standard InChI is InChI=1S/C19H21N3O3/c1-13-6-5-9-20-18(13)21-19(24)15-10-17(23)22(12-15)11-14-7-3-4-8-16(14)25-2/h3-9,15H,10-12H2,1-2H3,(H,20,21,24)/t15-/m1/s1. The summed E-state index contributed by atoms with van der Waals surface area (Å²) in [6.07, 6.45) is 1.85. The van der Waals surface area contributed by atoms with Gasteiger partial charge in [-0.3, -0.25) is 9.59 Å². The van der Waals surface area contributed by atoms with Crippen molar-refractivity contribution in [1.29, 1.82) is 0 Å². The van der Waals surface area contributed by atoms with Crippen LogP contribution in [0.25, 0.3) is 0 Å². The van der Waals surface area contributed by atoms with Gasteiger partial charge in [0.2, 0.25) is 11.8 Å². The van der Waals surface area contributed by atoms with Gasteiger partial charge < -0.3 is 15.0 Å². The molecule has 1 aromatic heterocycles. The Bertz CT molecular complexity index is 791. The lowest BCUT2D eigenvalue weighted by molar-refractivity contribution is -0.128. The van der Waals surface area contributed by atoms with Crippen molar-refractivity contribution in [2.45, 2.75) is 19.9 Å². The highest BCUT2D eigenvalue weighted by Gasteiger charge is 2.34. The molecule has 25 heavy (non-hydrogen) atoms. The van der Waals surface area contributed by atoms with Crippen molar-refractivity contribution in [3.63, 3.8) is 0 Å². The first-order valence-electron chi connectivity index (χ1n) is 8.20. The summed E-state index contributed by atoms with van der Waals surface area (Å²) in [5.74, 6) is 0.723. The zero-order valence-electron chi connectivity index (χ0n) is 14.4. The molecule has 6 nitrogen and oxygen atoms in total. The van der Waals surface area contributed by atoms with Crippen LogP contribution in [0.1, 0.15) is 17.5 Å². The molecule has 1 atom stereocenters. The summed E-state index contributed by atoms with van der Waals surface area (Å²) in [6, 6.07) is 11.3. The Kier molecular flexibility index (Phi) is 4.97. The summed E-state index contributed by atoms with van der Waals surface area (Å²) in [5.41, 5.74) is 1.83. The van der Waals surface area contributed by atoms with Gasteiger partial charge in [-0.2, -0.15) is 0 Å². The van der Waals surface area contributed by atoms with Crippen LogP contribution in [0.3, 0.4) is 0 Å². The molecule has 2 amide bonds. The molecule has 0 spiro atoms. The summed E-state index contributed by atoms with van der Waals surface area (Å²) >= 11 is 0. The molecule has 3 rings (SSSR count). The maximum atomic E-state index is 12.5. The molecule has 0 aliphatic carbocycles. The number of anilines is 1. The summed E-state index contributed by atoms with van der Waals surface area (Å²) in [4.78, 5) is 30.7. The van der Waals surface area contributed by atoms with Crippen LogP contribution in [0, 0.1) is 12.8 Å². The van der Waals surface area contributed by atoms with E-state index in [1.54, 1.807) is 18.2 Å². The zero-order valence-corrected chi connectivity index (χ0v) is 14.4. The number of aryl methyl sites for hydroxylation is 1. The molecule has 0 radical (unpaired) electrons. The van der Waals surface area contributed by atoms with Crippen LogP contribution in [0.4, 0.5) is 5.82 Å². The van der Waals surface area contributed by atoms with Gasteiger partial charge in [0, 0.05) is 31.3 Å². The second-order valence-electron chi connectivity index (χ2n) is 6.15. The number of methoxy groups -OCH3 is 1. The van der Waals surface area contributed by atoms with E-state index in [-0.39, 0.29) is 24.2 Å². The third-order valence-electron chi connectivity index (χ3n) is 4.39. The predicted octanol–water partition coefficient (Wildman–Crippen LogP) is 2.39. The Morgan fingerprint density at radius 1 is 1.32 bits per heavy atom. The molecule has 0 bridgehead atoms. The maximum absolute atomic E-state index is 12.5. The highest BCUT2D eigenvalue weighted by molar-refractivity contribution is 5.97. The highest BCUT2D eigenvalue weighted by atomic mass is 16.5. The van der Waals surface area contributed by atoms with Gasteiger partial charge in [0.25, 0.3) is 0 Å². The fraction of sp³-hybridized carbons (Fsp3) is 0.316. The molecule has 1 aliphatic heterocycles. The average molecular weight is 339 g/mol. The third kappa shape index (κ3) is 3.79. The molecular weight excluding hydrogens is 318 g/mol. The molecule has 2 aromatic rings. The van der Waals surface area contributed by atoms with Crippen molar-refractivity contribution >= 4 is 17.6 Å². The topological polar surface area (TPSA) is 71.5 Å². The number of amides is 2. The van der Waals surface area contributed by atoms with Crippen LogP contribution < -0.4 is 10.1 Å². The number of para-hydroxylation sites is 1. The van der Waals surface area contributed by atoms with Crippen LogP contribution in [-0.4, -0.2) is 35.4 Å². The highest BCUT2D eigenvalue weighted by Crippen LogP contribution is 2.25. The number of carbonyl (C=O) groups excluding carboxylic acids is 2. The van der Waals surface area contributed by atoms with E-state index < -0.39 is 0 Å². The normalized spacial score (nSPS) is 16.8. The number of nitrogens with one attached hydrogen (secondary N) is 1. The minimum absolute atomic E-state index is 0.0243. The quantitative estimate of drug-likeness (QED) is 0.908. The SMILES string of the molecule is COc1ccccc1CN1C[C@H](C(=O)Nc2ncccc2C)CC1=O. The number of hydrogen-bond acceptors (Lipinski definition) is 4. The average Bonchev–Trinajstić information content (AvgIpc) is 2.98. The zero-order chi connectivity index (χ0) is 17.8. The Morgan fingerprint density at radius 2 is 2.12 bits per heavy atom. The minimum Gasteiger partial charge on any atom is -0.496 e. The molecule has 1 aromatic carbocycles. The Morgan fingerprint density at radius 3 is 2.88 bits per heavy atom. The van der Waals surface area contributed by atoms with Gasteiger partial charge >= 0.3 is 0 Å². The van der Waals surface area contributed by atoms with Gasteiger partial charge in [-0.05, 0) is 24.6 Å². The second-order valence-corrected chi connectivity index (χ2v) is 6.15. The van der Waals surface area contributed by atoms with Crippen molar-refractivity contribution in [3.8, 4) is 5.75 Å². The van der Waals surface area contributed by atoms with Gasteiger partial charge in [0.05, 0.1) is 13.0 Å². The van der Waals surface area contributed by atoms with E-state index in [2.05, 4.69) is 10.3 Å². The molecule has 2 heterocycles. The number of rotatable bonds is 5. The maximum Gasteiger partial charge on any atom is 0.230 e. The van der Waals surface area contributed by atoms with Gasteiger partial charge in [0.15, 0.2) is 0 Å². The molecular formula is C19H21N3O3. The van der Waals surface area contributed by atoms with Crippen LogP contribution in [0.2, 0.25) is 0 Å². The molecule has 0 saturated carbocycles. The van der Waals surface area contributed by atoms with Crippen LogP contribution in [-0.2, 0) is 16.1 Å². The van der Waals surface area contributed by atoms with E-state index in [0.29, 0.717) is 18.9 Å². The first-order chi connectivity index (χ1) is 12.1. The second kappa shape index (κ2) is 7.34. The van der Waals surface area contributed by atoms with Crippen molar-refractivity contribution in [3.05, 3.63) is 53.7 Å². The fourth-order valence-corrected chi connectivity index (χ4v) is 2.98.